The van der Waals surface area contributed by atoms with Gasteiger partial charge in [0, 0.05) is 0 Å². The first kappa shape index (κ1) is 14.5. The average Bonchev–Trinajstić information content (AvgIpc) is 2.90. The number of aliphatic carboxylic acids is 1. The lowest BCUT2D eigenvalue weighted by molar-refractivity contribution is -0.138. The maximum atomic E-state index is 11.8. The van der Waals surface area contributed by atoms with E-state index in [1.165, 1.54) is 0 Å². The molecule has 0 unspecified atom stereocenters. The second-order valence-corrected chi connectivity index (χ2v) is 7.41. The van der Waals surface area contributed by atoms with Crippen molar-refractivity contribution in [1.29, 1.82) is 0 Å². The van der Waals surface area contributed by atoms with Crippen LogP contribution in [0.5, 0.6) is 0 Å². The highest BCUT2D eigenvalue weighted by Crippen LogP contribution is 2.49. The second-order valence-electron chi connectivity index (χ2n) is 5.22. The minimum absolute atomic E-state index is 0.00118. The lowest BCUT2D eigenvalue weighted by atomic mass is 10.1. The fourth-order valence-corrected chi connectivity index (χ4v) is 4.27. The fourth-order valence-electron chi connectivity index (χ4n) is 2.16. The standard InChI is InChI=1S/C12H22O4S/c1-2-3-4-5-8-17(15,16)10-12(6-7-12)9-11(13)14/h2-10H2,1H3,(H,13,14). The zero-order chi connectivity index (χ0) is 12.9. The number of hydrogen-bond donors (Lipinski definition) is 1. The molecule has 0 radical (unpaired) electrons. The second kappa shape index (κ2) is 5.85. The zero-order valence-electron chi connectivity index (χ0n) is 10.4. The van der Waals surface area contributed by atoms with Gasteiger partial charge in [-0.2, -0.15) is 0 Å². The van der Waals surface area contributed by atoms with E-state index in [9.17, 15) is 13.2 Å². The number of sulfone groups is 1. The topological polar surface area (TPSA) is 71.4 Å². The van der Waals surface area contributed by atoms with Crippen LogP contribution in [0.25, 0.3) is 0 Å². The zero-order valence-corrected chi connectivity index (χ0v) is 11.3. The summed E-state index contributed by atoms with van der Waals surface area (Å²) in [7, 11) is -3.07. The van der Waals surface area contributed by atoms with Crippen molar-refractivity contribution in [3.63, 3.8) is 0 Å². The lowest BCUT2D eigenvalue weighted by Crippen LogP contribution is -2.22. The monoisotopic (exact) mass is 262 g/mol. The van der Waals surface area contributed by atoms with Crippen LogP contribution in [0.3, 0.4) is 0 Å². The highest BCUT2D eigenvalue weighted by molar-refractivity contribution is 7.91. The van der Waals surface area contributed by atoms with Gasteiger partial charge in [-0.15, -0.1) is 0 Å². The molecule has 1 aliphatic rings. The Hall–Kier alpha value is -0.580. The van der Waals surface area contributed by atoms with Gasteiger partial charge in [0.1, 0.15) is 0 Å². The SMILES string of the molecule is CCCCCCS(=O)(=O)CC1(CC(=O)O)CC1. The van der Waals surface area contributed by atoms with Gasteiger partial charge in [0.25, 0.3) is 0 Å². The van der Waals surface area contributed by atoms with E-state index in [1.807, 2.05) is 0 Å². The van der Waals surface area contributed by atoms with Crippen molar-refractivity contribution in [3.8, 4) is 0 Å². The summed E-state index contributed by atoms with van der Waals surface area (Å²) in [5.41, 5.74) is -0.435. The molecule has 0 aliphatic heterocycles. The molecule has 0 aromatic carbocycles. The quantitative estimate of drug-likeness (QED) is 0.647. The predicted octanol–water partition coefficient (Wildman–Crippen LogP) is 2.24. The van der Waals surface area contributed by atoms with Crippen LogP contribution in [0, 0.1) is 5.41 Å². The molecule has 1 saturated carbocycles. The molecule has 0 saturated heterocycles. The largest absolute Gasteiger partial charge is 0.481 e. The van der Waals surface area contributed by atoms with Crippen LogP contribution in [0.1, 0.15) is 51.9 Å². The first-order valence-corrected chi connectivity index (χ1v) is 8.13. The van der Waals surface area contributed by atoms with Crippen LogP contribution >= 0.6 is 0 Å². The van der Waals surface area contributed by atoms with Crippen molar-refractivity contribution >= 4 is 15.8 Å². The summed E-state index contributed by atoms with van der Waals surface area (Å²) in [4.78, 5) is 10.6. The smallest absolute Gasteiger partial charge is 0.303 e. The summed E-state index contributed by atoms with van der Waals surface area (Å²) in [5, 5.41) is 8.74. The Morgan fingerprint density at radius 3 is 2.35 bits per heavy atom. The molecular weight excluding hydrogens is 240 g/mol. The summed E-state index contributed by atoms with van der Waals surface area (Å²) in [6, 6.07) is 0. The van der Waals surface area contributed by atoms with Crippen LogP contribution < -0.4 is 0 Å². The van der Waals surface area contributed by atoms with Crippen molar-refractivity contribution in [1.82, 2.24) is 0 Å². The van der Waals surface area contributed by atoms with Crippen LogP contribution in [0.4, 0.5) is 0 Å². The van der Waals surface area contributed by atoms with Crippen LogP contribution in [-0.4, -0.2) is 31.0 Å². The van der Waals surface area contributed by atoms with Gasteiger partial charge in [0.15, 0.2) is 9.84 Å². The Balaban J connectivity index is 2.36. The molecule has 100 valence electrons. The van der Waals surface area contributed by atoms with Crippen LogP contribution in [0.2, 0.25) is 0 Å². The highest BCUT2D eigenvalue weighted by atomic mass is 32.2. The molecule has 0 amide bonds. The molecule has 1 N–H and O–H groups in total. The van der Waals surface area contributed by atoms with Crippen molar-refractivity contribution in [2.24, 2.45) is 5.41 Å². The van der Waals surface area contributed by atoms with E-state index in [1.54, 1.807) is 0 Å². The number of carboxylic acids is 1. The molecule has 5 heteroatoms. The average molecular weight is 262 g/mol. The van der Waals surface area contributed by atoms with E-state index in [4.69, 9.17) is 5.11 Å². The number of hydrogen-bond acceptors (Lipinski definition) is 3. The summed E-state index contributed by atoms with van der Waals surface area (Å²) in [6.07, 6.45) is 5.29. The van der Waals surface area contributed by atoms with Gasteiger partial charge in [-0.25, -0.2) is 8.42 Å². The highest BCUT2D eigenvalue weighted by Gasteiger charge is 2.47. The minimum Gasteiger partial charge on any atom is -0.481 e. The van der Waals surface area contributed by atoms with Gasteiger partial charge in [-0.05, 0) is 24.7 Å². The van der Waals surface area contributed by atoms with E-state index in [0.29, 0.717) is 6.42 Å². The molecule has 4 nitrogen and oxygen atoms in total. The Morgan fingerprint density at radius 2 is 1.88 bits per heavy atom. The molecule has 0 aromatic heterocycles. The normalized spacial score (nSPS) is 17.9. The van der Waals surface area contributed by atoms with Crippen molar-refractivity contribution in [2.75, 3.05) is 11.5 Å². The number of unbranched alkanes of at least 4 members (excludes halogenated alkanes) is 3. The van der Waals surface area contributed by atoms with Gasteiger partial charge in [0.2, 0.25) is 0 Å². The first-order chi connectivity index (χ1) is 7.89. The Morgan fingerprint density at radius 1 is 1.24 bits per heavy atom. The number of rotatable bonds is 9. The van der Waals surface area contributed by atoms with Gasteiger partial charge < -0.3 is 5.11 Å². The molecule has 0 aromatic rings. The fraction of sp³-hybridized carbons (Fsp3) is 0.917. The molecule has 0 bridgehead atoms. The van der Waals surface area contributed by atoms with Gasteiger partial charge in [-0.1, -0.05) is 26.2 Å². The van der Waals surface area contributed by atoms with E-state index < -0.39 is 21.2 Å². The third-order valence-corrected chi connectivity index (χ3v) is 5.28. The van der Waals surface area contributed by atoms with Crippen molar-refractivity contribution < 1.29 is 18.3 Å². The predicted molar refractivity (Wildman–Crippen MR) is 66.7 cm³/mol. The molecule has 1 fully saturated rings. The third-order valence-electron chi connectivity index (χ3n) is 3.32. The summed E-state index contributed by atoms with van der Waals surface area (Å²) in [5.74, 6) is -0.601. The lowest BCUT2D eigenvalue weighted by Gasteiger charge is -2.12. The van der Waals surface area contributed by atoms with E-state index in [2.05, 4.69) is 6.92 Å². The Bertz CT molecular complexity index is 355. The Labute approximate surface area is 103 Å². The van der Waals surface area contributed by atoms with Gasteiger partial charge in [-0.3, -0.25) is 4.79 Å². The van der Waals surface area contributed by atoms with Crippen LogP contribution in [-0.2, 0) is 14.6 Å². The number of carboxylic acid groups (broad SMARTS) is 1. The summed E-state index contributed by atoms with van der Waals surface area (Å²) in [6.45, 7) is 2.08. The maximum Gasteiger partial charge on any atom is 0.303 e. The summed E-state index contributed by atoms with van der Waals surface area (Å²) < 4.78 is 23.7. The molecule has 0 heterocycles. The molecule has 17 heavy (non-hydrogen) atoms. The molecular formula is C12H22O4S. The van der Waals surface area contributed by atoms with E-state index >= 15 is 0 Å². The van der Waals surface area contributed by atoms with Gasteiger partial charge >= 0.3 is 5.97 Å². The minimum atomic E-state index is -3.07. The summed E-state index contributed by atoms with van der Waals surface area (Å²) >= 11 is 0. The van der Waals surface area contributed by atoms with Crippen LogP contribution in [0.15, 0.2) is 0 Å². The molecule has 0 atom stereocenters. The van der Waals surface area contributed by atoms with Crippen molar-refractivity contribution in [3.05, 3.63) is 0 Å². The van der Waals surface area contributed by atoms with Crippen molar-refractivity contribution in [2.45, 2.75) is 51.9 Å². The van der Waals surface area contributed by atoms with E-state index in [-0.39, 0.29) is 17.9 Å². The molecule has 1 rings (SSSR count). The molecule has 0 spiro atoms. The Kier molecular flexibility index (Phi) is 4.98. The van der Waals surface area contributed by atoms with Gasteiger partial charge in [0.05, 0.1) is 17.9 Å². The number of carbonyl (C=O) groups is 1. The maximum absolute atomic E-state index is 11.8. The van der Waals surface area contributed by atoms with E-state index in [0.717, 1.165) is 32.1 Å². The molecule has 1 aliphatic carbocycles. The first-order valence-electron chi connectivity index (χ1n) is 6.31. The third kappa shape index (κ3) is 5.52.